The smallest absolute Gasteiger partial charge is 0.335 e. The van der Waals surface area contributed by atoms with Gasteiger partial charge in [-0.3, -0.25) is 4.79 Å². The molecule has 0 bridgehead atoms. The first kappa shape index (κ1) is 18.6. The van der Waals surface area contributed by atoms with E-state index in [4.69, 9.17) is 8.84 Å². The van der Waals surface area contributed by atoms with Gasteiger partial charge < -0.3 is 13.6 Å². The SMILES string of the molecule is COC(=O)Cc1ccc(=O)oc1CCO[Si](C)(C)C(C)(C)C. The zero-order valence-corrected chi connectivity index (χ0v) is 15.3. The number of rotatable bonds is 6. The van der Waals surface area contributed by atoms with Crippen LogP contribution in [0.4, 0.5) is 0 Å². The summed E-state index contributed by atoms with van der Waals surface area (Å²) in [5.41, 5.74) is 0.251. The van der Waals surface area contributed by atoms with Crippen LogP contribution < -0.4 is 5.63 Å². The lowest BCUT2D eigenvalue weighted by atomic mass is 10.1. The summed E-state index contributed by atoms with van der Waals surface area (Å²) in [5, 5.41) is 0.124. The van der Waals surface area contributed by atoms with E-state index in [1.165, 1.54) is 13.2 Å². The Hall–Kier alpha value is -1.40. The zero-order chi connectivity index (χ0) is 17.0. The Kier molecular flexibility index (Phi) is 6.14. The quantitative estimate of drug-likeness (QED) is 0.594. The number of ether oxygens (including phenoxy) is 1. The molecular formula is C16H26O5Si. The Morgan fingerprint density at radius 2 is 1.91 bits per heavy atom. The van der Waals surface area contributed by atoms with Crippen molar-refractivity contribution in [2.75, 3.05) is 13.7 Å². The van der Waals surface area contributed by atoms with Crippen LogP contribution >= 0.6 is 0 Å². The van der Waals surface area contributed by atoms with E-state index in [-0.39, 0.29) is 17.4 Å². The minimum atomic E-state index is -1.84. The van der Waals surface area contributed by atoms with Crippen molar-refractivity contribution < 1.29 is 18.4 Å². The first-order valence-corrected chi connectivity index (χ1v) is 10.3. The van der Waals surface area contributed by atoms with Crippen molar-refractivity contribution in [3.05, 3.63) is 33.9 Å². The third kappa shape index (κ3) is 5.10. The molecule has 1 aromatic rings. The Balaban J connectivity index is 2.79. The maximum Gasteiger partial charge on any atom is 0.335 e. The molecule has 1 rings (SSSR count). The zero-order valence-electron chi connectivity index (χ0n) is 14.3. The average Bonchev–Trinajstić information content (AvgIpc) is 2.40. The second-order valence-electron chi connectivity index (χ2n) is 6.81. The van der Waals surface area contributed by atoms with E-state index < -0.39 is 13.9 Å². The predicted octanol–water partition coefficient (Wildman–Crippen LogP) is 2.92. The number of esters is 1. The second-order valence-corrected chi connectivity index (χ2v) is 11.6. The van der Waals surface area contributed by atoms with Crippen LogP contribution in [0.15, 0.2) is 21.3 Å². The first-order valence-electron chi connectivity index (χ1n) is 7.39. The fourth-order valence-corrected chi connectivity index (χ4v) is 2.74. The number of carbonyl (C=O) groups is 1. The van der Waals surface area contributed by atoms with Gasteiger partial charge in [0.25, 0.3) is 0 Å². The summed E-state index contributed by atoms with van der Waals surface area (Å²) < 4.78 is 16.0. The molecular weight excluding hydrogens is 300 g/mol. The van der Waals surface area contributed by atoms with Crippen molar-refractivity contribution in [1.82, 2.24) is 0 Å². The van der Waals surface area contributed by atoms with Crippen molar-refractivity contribution in [2.24, 2.45) is 0 Å². The fourth-order valence-electron chi connectivity index (χ4n) is 1.69. The molecule has 1 heterocycles. The van der Waals surface area contributed by atoms with Crippen LogP contribution in [0.25, 0.3) is 0 Å². The molecule has 0 unspecified atom stereocenters. The molecule has 0 aromatic carbocycles. The first-order chi connectivity index (χ1) is 10.1. The Morgan fingerprint density at radius 3 is 2.45 bits per heavy atom. The van der Waals surface area contributed by atoms with Crippen LogP contribution in [0.2, 0.25) is 18.1 Å². The van der Waals surface area contributed by atoms with Crippen LogP contribution in [0.1, 0.15) is 32.1 Å². The Bertz CT molecular complexity index is 569. The molecule has 124 valence electrons. The minimum absolute atomic E-state index is 0.0930. The lowest BCUT2D eigenvalue weighted by molar-refractivity contribution is -0.139. The molecule has 0 fully saturated rings. The topological polar surface area (TPSA) is 65.7 Å². The van der Waals surface area contributed by atoms with Gasteiger partial charge in [0.1, 0.15) is 5.76 Å². The molecule has 5 nitrogen and oxygen atoms in total. The van der Waals surface area contributed by atoms with Gasteiger partial charge in [0.05, 0.1) is 13.5 Å². The molecule has 6 heteroatoms. The van der Waals surface area contributed by atoms with E-state index in [0.29, 0.717) is 24.4 Å². The van der Waals surface area contributed by atoms with Gasteiger partial charge in [-0.15, -0.1) is 0 Å². The monoisotopic (exact) mass is 326 g/mol. The molecule has 0 radical (unpaired) electrons. The van der Waals surface area contributed by atoms with Crippen LogP contribution in [0, 0.1) is 0 Å². The van der Waals surface area contributed by atoms with Gasteiger partial charge in [0.15, 0.2) is 8.32 Å². The highest BCUT2D eigenvalue weighted by molar-refractivity contribution is 6.74. The van der Waals surface area contributed by atoms with Crippen molar-refractivity contribution in [2.45, 2.75) is 51.7 Å². The van der Waals surface area contributed by atoms with Gasteiger partial charge in [-0.1, -0.05) is 20.8 Å². The van der Waals surface area contributed by atoms with Crippen molar-refractivity contribution in [3.63, 3.8) is 0 Å². The van der Waals surface area contributed by atoms with Gasteiger partial charge in [-0.05, 0) is 24.2 Å². The molecule has 0 N–H and O–H groups in total. The molecule has 1 aromatic heterocycles. The molecule has 0 spiro atoms. The molecule has 0 saturated heterocycles. The second kappa shape index (κ2) is 7.24. The van der Waals surface area contributed by atoms with Gasteiger partial charge in [0, 0.05) is 24.7 Å². The molecule has 0 saturated carbocycles. The van der Waals surface area contributed by atoms with Crippen LogP contribution in [-0.4, -0.2) is 28.0 Å². The summed E-state index contributed by atoms with van der Waals surface area (Å²) in [6, 6.07) is 2.93. The number of hydrogen-bond acceptors (Lipinski definition) is 5. The van der Waals surface area contributed by atoms with E-state index in [0.717, 1.165) is 0 Å². The van der Waals surface area contributed by atoms with Gasteiger partial charge in [0.2, 0.25) is 0 Å². The van der Waals surface area contributed by atoms with Crippen molar-refractivity contribution >= 4 is 14.3 Å². The standard InChI is InChI=1S/C16H26O5Si/c1-16(2,3)22(5,6)20-10-9-13-12(11-15(18)19-4)7-8-14(17)21-13/h7-8H,9-11H2,1-6H3. The average molecular weight is 326 g/mol. The molecule has 0 aliphatic heterocycles. The predicted molar refractivity (Wildman–Crippen MR) is 87.6 cm³/mol. The number of hydrogen-bond donors (Lipinski definition) is 0. The molecule has 0 aliphatic rings. The Labute approximate surface area is 132 Å². The third-order valence-corrected chi connectivity index (χ3v) is 8.70. The van der Waals surface area contributed by atoms with Crippen LogP contribution in [0.5, 0.6) is 0 Å². The van der Waals surface area contributed by atoms with E-state index >= 15 is 0 Å². The van der Waals surface area contributed by atoms with Gasteiger partial charge in [-0.2, -0.15) is 0 Å². The maximum atomic E-state index is 11.4. The lowest BCUT2D eigenvalue weighted by Gasteiger charge is -2.36. The summed E-state index contributed by atoms with van der Waals surface area (Å²) in [5.74, 6) is 0.136. The highest BCUT2D eigenvalue weighted by Crippen LogP contribution is 2.36. The Morgan fingerprint density at radius 1 is 1.27 bits per heavy atom. The van der Waals surface area contributed by atoms with Gasteiger partial charge in [-0.25, -0.2) is 4.79 Å². The largest absolute Gasteiger partial charge is 0.469 e. The normalized spacial score (nSPS) is 12.3. The number of carbonyl (C=O) groups excluding carboxylic acids is 1. The molecule has 0 atom stereocenters. The maximum absolute atomic E-state index is 11.4. The van der Waals surface area contributed by atoms with E-state index in [9.17, 15) is 9.59 Å². The minimum Gasteiger partial charge on any atom is -0.469 e. The van der Waals surface area contributed by atoms with Crippen molar-refractivity contribution in [1.29, 1.82) is 0 Å². The van der Waals surface area contributed by atoms with E-state index in [1.54, 1.807) is 6.07 Å². The fraction of sp³-hybridized carbons (Fsp3) is 0.625. The highest BCUT2D eigenvalue weighted by Gasteiger charge is 2.36. The molecule has 0 amide bonds. The van der Waals surface area contributed by atoms with Gasteiger partial charge >= 0.3 is 11.6 Å². The van der Waals surface area contributed by atoms with Crippen molar-refractivity contribution in [3.8, 4) is 0 Å². The van der Waals surface area contributed by atoms with E-state index in [1.807, 2.05) is 0 Å². The lowest BCUT2D eigenvalue weighted by Crippen LogP contribution is -2.41. The summed E-state index contributed by atoms with van der Waals surface area (Å²) in [6.45, 7) is 11.3. The molecule has 22 heavy (non-hydrogen) atoms. The van der Waals surface area contributed by atoms with Crippen LogP contribution in [0.3, 0.4) is 0 Å². The summed E-state index contributed by atoms with van der Waals surface area (Å²) in [7, 11) is -0.505. The van der Waals surface area contributed by atoms with E-state index in [2.05, 4.69) is 38.6 Å². The van der Waals surface area contributed by atoms with Crippen LogP contribution in [-0.2, 0) is 26.8 Å². The summed E-state index contributed by atoms with van der Waals surface area (Å²) in [6.07, 6.45) is 0.560. The third-order valence-electron chi connectivity index (χ3n) is 4.16. The molecule has 0 aliphatic carbocycles. The highest BCUT2D eigenvalue weighted by atomic mass is 28.4. The summed E-state index contributed by atoms with van der Waals surface area (Å²) >= 11 is 0. The summed E-state index contributed by atoms with van der Waals surface area (Å²) in [4.78, 5) is 22.8. The number of methoxy groups -OCH3 is 1.